The Kier molecular flexibility index (Phi) is 6.45. The van der Waals surface area contributed by atoms with Gasteiger partial charge in [-0.15, -0.1) is 0 Å². The highest BCUT2D eigenvalue weighted by Crippen LogP contribution is 2.20. The van der Waals surface area contributed by atoms with Crippen LogP contribution < -0.4 is 10.9 Å². The molecule has 30 heavy (non-hydrogen) atoms. The zero-order chi connectivity index (χ0) is 22.0. The molecule has 1 atom stereocenters. The van der Waals surface area contributed by atoms with Crippen LogP contribution >= 0.6 is 15.9 Å². The van der Waals surface area contributed by atoms with E-state index in [0.29, 0.717) is 18.8 Å². The molecule has 2 amide bonds. The second kappa shape index (κ2) is 8.86. The van der Waals surface area contributed by atoms with Crippen molar-refractivity contribution in [1.82, 2.24) is 30.4 Å². The van der Waals surface area contributed by atoms with Gasteiger partial charge < -0.3 is 4.42 Å². The van der Waals surface area contributed by atoms with Crippen molar-refractivity contribution in [2.75, 3.05) is 0 Å². The quantitative estimate of drug-likeness (QED) is 0.531. The molecule has 0 spiro atoms. The summed E-state index contributed by atoms with van der Waals surface area (Å²) in [5.74, 6) is -0.526. The maximum absolute atomic E-state index is 12.4. The van der Waals surface area contributed by atoms with Crippen LogP contribution in [0, 0.1) is 33.6 Å². The first-order valence-electron chi connectivity index (χ1n) is 9.55. The van der Waals surface area contributed by atoms with Gasteiger partial charge in [0.2, 0.25) is 5.91 Å². The van der Waals surface area contributed by atoms with E-state index in [1.54, 1.807) is 28.4 Å². The van der Waals surface area contributed by atoms with Crippen molar-refractivity contribution in [2.24, 2.45) is 5.92 Å². The monoisotopic (exact) mass is 476 g/mol. The molecule has 0 unspecified atom stereocenters. The van der Waals surface area contributed by atoms with Crippen molar-refractivity contribution in [1.29, 1.82) is 0 Å². The van der Waals surface area contributed by atoms with Crippen LogP contribution in [-0.2, 0) is 17.9 Å². The van der Waals surface area contributed by atoms with E-state index in [0.717, 1.165) is 27.2 Å². The van der Waals surface area contributed by atoms with Gasteiger partial charge in [-0.05, 0) is 61.8 Å². The standard InChI is InChI=1S/C20H25BrN6O3/c1-11(9-27-15(5)18(21)14(4)25-27)19(28)22-23-20(29)17-7-6-16(30-17)10-26-13(3)8-12(2)24-26/h6-8,11H,9-10H2,1-5H3,(H,22,28)(H,23,29)/t11-/m1/s1. The highest BCUT2D eigenvalue weighted by molar-refractivity contribution is 9.10. The number of aryl methyl sites for hydroxylation is 3. The normalized spacial score (nSPS) is 12.1. The smallest absolute Gasteiger partial charge is 0.305 e. The average molecular weight is 477 g/mol. The van der Waals surface area contributed by atoms with Crippen LogP contribution in [0.4, 0.5) is 0 Å². The molecule has 0 fully saturated rings. The van der Waals surface area contributed by atoms with E-state index in [-0.39, 0.29) is 11.7 Å². The third kappa shape index (κ3) is 4.81. The van der Waals surface area contributed by atoms with Crippen molar-refractivity contribution in [3.8, 4) is 0 Å². The molecule has 0 aliphatic carbocycles. The van der Waals surface area contributed by atoms with Crippen molar-refractivity contribution in [3.05, 3.63) is 57.0 Å². The zero-order valence-electron chi connectivity index (χ0n) is 17.6. The molecule has 3 rings (SSSR count). The Morgan fingerprint density at radius 3 is 2.47 bits per heavy atom. The number of rotatable bonds is 6. The molecule has 0 saturated heterocycles. The van der Waals surface area contributed by atoms with Gasteiger partial charge in [-0.3, -0.25) is 29.8 Å². The molecular weight excluding hydrogens is 452 g/mol. The molecule has 0 radical (unpaired) electrons. The second-order valence-corrected chi connectivity index (χ2v) is 8.16. The highest BCUT2D eigenvalue weighted by atomic mass is 79.9. The molecule has 0 aliphatic heterocycles. The summed E-state index contributed by atoms with van der Waals surface area (Å²) < 4.78 is 10.1. The first kappa shape index (κ1) is 21.8. The molecule has 2 N–H and O–H groups in total. The van der Waals surface area contributed by atoms with Gasteiger partial charge in [-0.2, -0.15) is 10.2 Å². The Morgan fingerprint density at radius 1 is 1.13 bits per heavy atom. The molecule has 160 valence electrons. The first-order chi connectivity index (χ1) is 14.2. The summed E-state index contributed by atoms with van der Waals surface area (Å²) in [6.45, 7) is 10.3. The van der Waals surface area contributed by atoms with Gasteiger partial charge in [0.05, 0.1) is 34.9 Å². The fraction of sp³-hybridized carbons (Fsp3) is 0.400. The lowest BCUT2D eigenvalue weighted by atomic mass is 10.1. The number of carbonyl (C=O) groups excluding carboxylic acids is 2. The number of amides is 2. The van der Waals surface area contributed by atoms with Gasteiger partial charge in [0.15, 0.2) is 5.76 Å². The molecular formula is C20H25BrN6O3. The van der Waals surface area contributed by atoms with Gasteiger partial charge in [-0.1, -0.05) is 6.92 Å². The number of hydrogen-bond acceptors (Lipinski definition) is 5. The maximum atomic E-state index is 12.4. The van der Waals surface area contributed by atoms with E-state index < -0.39 is 11.8 Å². The van der Waals surface area contributed by atoms with E-state index in [4.69, 9.17) is 4.42 Å². The molecule has 0 aliphatic rings. The van der Waals surface area contributed by atoms with Crippen LogP contribution in [0.2, 0.25) is 0 Å². The Morgan fingerprint density at radius 2 is 1.87 bits per heavy atom. The predicted molar refractivity (Wildman–Crippen MR) is 114 cm³/mol. The summed E-state index contributed by atoms with van der Waals surface area (Å²) >= 11 is 3.47. The van der Waals surface area contributed by atoms with Crippen LogP contribution in [0.25, 0.3) is 0 Å². The second-order valence-electron chi connectivity index (χ2n) is 7.36. The number of nitrogens with one attached hydrogen (secondary N) is 2. The Bertz CT molecular complexity index is 1080. The van der Waals surface area contributed by atoms with E-state index in [2.05, 4.69) is 37.0 Å². The summed E-state index contributed by atoms with van der Waals surface area (Å²) in [7, 11) is 0. The summed E-state index contributed by atoms with van der Waals surface area (Å²) in [5.41, 5.74) is 8.57. The zero-order valence-corrected chi connectivity index (χ0v) is 19.2. The maximum Gasteiger partial charge on any atom is 0.305 e. The number of halogens is 1. The van der Waals surface area contributed by atoms with Crippen molar-refractivity contribution in [3.63, 3.8) is 0 Å². The molecule has 10 heteroatoms. The number of hydrazine groups is 1. The molecule has 0 bridgehead atoms. The van der Waals surface area contributed by atoms with Gasteiger partial charge >= 0.3 is 5.91 Å². The molecule has 3 aromatic heterocycles. The van der Waals surface area contributed by atoms with E-state index in [1.165, 1.54) is 0 Å². The average Bonchev–Trinajstić information content (AvgIpc) is 3.35. The van der Waals surface area contributed by atoms with E-state index >= 15 is 0 Å². The minimum absolute atomic E-state index is 0.113. The van der Waals surface area contributed by atoms with Crippen LogP contribution in [0.3, 0.4) is 0 Å². The summed E-state index contributed by atoms with van der Waals surface area (Å²) in [5, 5.41) is 8.78. The topological polar surface area (TPSA) is 107 Å². The minimum atomic E-state index is -0.524. The van der Waals surface area contributed by atoms with E-state index in [9.17, 15) is 9.59 Å². The Hall–Kier alpha value is -2.88. The van der Waals surface area contributed by atoms with Crippen LogP contribution in [0.1, 0.15) is 46.0 Å². The summed E-state index contributed by atoms with van der Waals surface area (Å²) in [4.78, 5) is 24.7. The van der Waals surface area contributed by atoms with Crippen molar-refractivity contribution >= 4 is 27.7 Å². The lowest BCUT2D eigenvalue weighted by molar-refractivity contribution is -0.125. The van der Waals surface area contributed by atoms with Gasteiger partial charge in [0.25, 0.3) is 0 Å². The van der Waals surface area contributed by atoms with Crippen LogP contribution in [0.5, 0.6) is 0 Å². The molecule has 3 heterocycles. The molecule has 0 aromatic carbocycles. The highest BCUT2D eigenvalue weighted by Gasteiger charge is 2.19. The van der Waals surface area contributed by atoms with Gasteiger partial charge in [-0.25, -0.2) is 0 Å². The Balaban J connectivity index is 1.53. The first-order valence-corrected chi connectivity index (χ1v) is 10.3. The SMILES string of the molecule is Cc1cc(C)n(Cc2ccc(C(=O)NNC(=O)[C@H](C)Cn3nc(C)c(Br)c3C)o2)n1. The fourth-order valence-corrected chi connectivity index (χ4v) is 3.35. The molecule has 0 saturated carbocycles. The largest absolute Gasteiger partial charge is 0.454 e. The van der Waals surface area contributed by atoms with Gasteiger partial charge in [0, 0.05) is 11.4 Å². The summed E-state index contributed by atoms with van der Waals surface area (Å²) in [6.07, 6.45) is 0. The molecule has 9 nitrogen and oxygen atoms in total. The lowest BCUT2D eigenvalue weighted by Crippen LogP contribution is -2.44. The number of carbonyl (C=O) groups is 2. The third-order valence-electron chi connectivity index (χ3n) is 4.78. The molecule has 3 aromatic rings. The predicted octanol–water partition coefficient (Wildman–Crippen LogP) is 2.81. The number of furan rings is 1. The van der Waals surface area contributed by atoms with Crippen molar-refractivity contribution < 1.29 is 14.0 Å². The van der Waals surface area contributed by atoms with Gasteiger partial charge in [0.1, 0.15) is 5.76 Å². The fourth-order valence-electron chi connectivity index (χ4n) is 3.07. The lowest BCUT2D eigenvalue weighted by Gasteiger charge is -2.13. The van der Waals surface area contributed by atoms with E-state index in [1.807, 2.05) is 33.8 Å². The number of hydrogen-bond donors (Lipinski definition) is 2. The summed E-state index contributed by atoms with van der Waals surface area (Å²) in [6, 6.07) is 5.26. The van der Waals surface area contributed by atoms with Crippen LogP contribution in [-0.4, -0.2) is 31.4 Å². The van der Waals surface area contributed by atoms with Crippen molar-refractivity contribution in [2.45, 2.75) is 47.7 Å². The van der Waals surface area contributed by atoms with Crippen LogP contribution in [0.15, 0.2) is 27.1 Å². The minimum Gasteiger partial charge on any atom is -0.454 e. The number of nitrogens with zero attached hydrogens (tertiary/aromatic N) is 4. The number of aromatic nitrogens is 4. The third-order valence-corrected chi connectivity index (χ3v) is 5.93. The Labute approximate surface area is 182 Å².